The number of benzene rings is 3. The Labute approximate surface area is 169 Å². The van der Waals surface area contributed by atoms with Gasteiger partial charge in [0.1, 0.15) is 0 Å². The van der Waals surface area contributed by atoms with E-state index in [1.807, 2.05) is 12.1 Å². The number of rotatable bonds is 3. The van der Waals surface area contributed by atoms with Crippen LogP contribution in [-0.2, 0) is 12.6 Å². The van der Waals surface area contributed by atoms with Crippen LogP contribution in [0, 0.1) is 0 Å². The van der Waals surface area contributed by atoms with Crippen LogP contribution in [0.4, 0.5) is 0 Å². The number of hydrogen-bond acceptors (Lipinski definition) is 2. The molecule has 3 heteroatoms. The van der Waals surface area contributed by atoms with Gasteiger partial charge in [-0.05, 0) is 6.07 Å². The quantitative estimate of drug-likeness (QED) is 0.288. The van der Waals surface area contributed by atoms with Crippen LogP contribution in [0.3, 0.4) is 0 Å². The predicted octanol–water partition coefficient (Wildman–Crippen LogP) is 3.19. The number of nitrogens with zero attached hydrogens (tertiary/aromatic N) is 1. The molecule has 1 nitrogen and oxygen atoms in total. The van der Waals surface area contributed by atoms with Crippen molar-refractivity contribution >= 4 is 44.7 Å². The van der Waals surface area contributed by atoms with Gasteiger partial charge in [-0.15, -0.1) is 0 Å². The molecule has 0 saturated heterocycles. The average Bonchev–Trinajstić information content (AvgIpc) is 2.72. The van der Waals surface area contributed by atoms with E-state index in [0.29, 0.717) is 5.03 Å². The second kappa shape index (κ2) is 10.2. The molecule has 0 aliphatic rings. The molecular weight excluding hydrogens is 530 g/mol. The summed E-state index contributed by atoms with van der Waals surface area (Å²) >= 11 is 2.53. The molecule has 1 aromatic heterocycles. The van der Waals surface area contributed by atoms with Crippen LogP contribution < -0.4 is 9.37 Å². The van der Waals surface area contributed by atoms with Gasteiger partial charge in [0.25, 0.3) is 0 Å². The van der Waals surface area contributed by atoms with E-state index in [2.05, 4.69) is 96.0 Å². The summed E-state index contributed by atoms with van der Waals surface area (Å²) in [6.07, 6.45) is 1.68. The normalized spacial score (nSPS) is 10.0. The molecule has 4 aromatic rings. The SMILES string of the molecule is [S-]c1ccccn1.c1cc[c]([Pb]([c]2ccccc2)[c]2ccccc2)cc1. The van der Waals surface area contributed by atoms with Gasteiger partial charge >= 0.3 is 123 Å². The predicted molar refractivity (Wildman–Crippen MR) is 114 cm³/mol. The number of pyridine rings is 1. The van der Waals surface area contributed by atoms with Gasteiger partial charge in [-0.3, -0.25) is 4.98 Å². The maximum absolute atomic E-state index is 4.70. The van der Waals surface area contributed by atoms with Crippen molar-refractivity contribution in [2.24, 2.45) is 0 Å². The first-order valence-corrected chi connectivity index (χ1v) is 14.7. The zero-order chi connectivity index (χ0) is 18.0. The van der Waals surface area contributed by atoms with Gasteiger partial charge in [-0.25, -0.2) is 0 Å². The zero-order valence-electron chi connectivity index (χ0n) is 14.3. The molecule has 4 rings (SSSR count). The molecule has 0 atom stereocenters. The number of aromatic nitrogens is 1. The first-order chi connectivity index (χ1) is 12.8. The fourth-order valence-corrected chi connectivity index (χ4v) is 12.8. The van der Waals surface area contributed by atoms with E-state index in [1.54, 1.807) is 21.6 Å². The van der Waals surface area contributed by atoms with Crippen molar-refractivity contribution < 1.29 is 0 Å². The Bertz CT molecular complexity index is 790. The molecule has 0 amide bonds. The van der Waals surface area contributed by atoms with Crippen LogP contribution in [0.2, 0.25) is 0 Å². The summed E-state index contributed by atoms with van der Waals surface area (Å²) < 4.78 is 4.64. The van der Waals surface area contributed by atoms with Crippen molar-refractivity contribution in [3.8, 4) is 0 Å². The Hall–Kier alpha value is -2.05. The Kier molecular flexibility index (Phi) is 7.34. The minimum atomic E-state index is -2.17. The third kappa shape index (κ3) is 5.48. The van der Waals surface area contributed by atoms with Crippen molar-refractivity contribution in [3.63, 3.8) is 0 Å². The van der Waals surface area contributed by atoms with E-state index < -0.39 is 22.7 Å². The summed E-state index contributed by atoms with van der Waals surface area (Å²) in [5, 5.41) is 0.655. The van der Waals surface area contributed by atoms with Crippen molar-refractivity contribution in [1.82, 2.24) is 4.98 Å². The van der Waals surface area contributed by atoms with E-state index in [9.17, 15) is 0 Å². The minimum absolute atomic E-state index is 0.655. The van der Waals surface area contributed by atoms with Crippen LogP contribution in [0.1, 0.15) is 0 Å². The first-order valence-electron chi connectivity index (χ1n) is 8.46. The summed E-state index contributed by atoms with van der Waals surface area (Å²) in [5.74, 6) is 0. The molecule has 0 saturated carbocycles. The second-order valence-electron chi connectivity index (χ2n) is 5.64. The fourth-order valence-electron chi connectivity index (χ4n) is 2.66. The second-order valence-corrected chi connectivity index (χ2v) is 15.7. The molecule has 1 heterocycles. The van der Waals surface area contributed by atoms with E-state index >= 15 is 0 Å². The first kappa shape index (κ1) is 18.7. The molecule has 3 aromatic carbocycles. The van der Waals surface area contributed by atoms with Crippen molar-refractivity contribution in [2.75, 3.05) is 0 Å². The molecule has 0 fully saturated rings. The van der Waals surface area contributed by atoms with Crippen LogP contribution in [0.25, 0.3) is 0 Å². The van der Waals surface area contributed by atoms with Gasteiger partial charge < -0.3 is 12.6 Å². The molecule has 127 valence electrons. The third-order valence-electron chi connectivity index (χ3n) is 3.83. The van der Waals surface area contributed by atoms with Gasteiger partial charge in [-0.2, -0.15) is 0 Å². The molecule has 26 heavy (non-hydrogen) atoms. The molecule has 0 aliphatic carbocycles. The zero-order valence-corrected chi connectivity index (χ0v) is 19.0. The van der Waals surface area contributed by atoms with Gasteiger partial charge in [0.05, 0.1) is 0 Å². The van der Waals surface area contributed by atoms with E-state index in [0.717, 1.165) is 0 Å². The summed E-state index contributed by atoms with van der Waals surface area (Å²) in [4.78, 5) is 3.79. The van der Waals surface area contributed by atoms with Crippen LogP contribution in [0.5, 0.6) is 0 Å². The van der Waals surface area contributed by atoms with Crippen molar-refractivity contribution in [1.29, 1.82) is 0 Å². The Morgan fingerprint density at radius 2 is 0.885 bits per heavy atom. The Balaban J connectivity index is 0.000000236. The fraction of sp³-hybridized carbons (Fsp3) is 0. The van der Waals surface area contributed by atoms with Gasteiger partial charge in [0.15, 0.2) is 0 Å². The molecule has 0 spiro atoms. The van der Waals surface area contributed by atoms with E-state index in [1.165, 1.54) is 0 Å². The van der Waals surface area contributed by atoms with Crippen molar-refractivity contribution in [2.45, 2.75) is 5.03 Å². The summed E-state index contributed by atoms with van der Waals surface area (Å²) in [5.41, 5.74) is 0. The Morgan fingerprint density at radius 3 is 1.15 bits per heavy atom. The van der Waals surface area contributed by atoms with Crippen LogP contribution in [-0.4, -0.2) is 27.7 Å². The van der Waals surface area contributed by atoms with Gasteiger partial charge in [-0.1, -0.05) is 17.2 Å². The third-order valence-corrected chi connectivity index (χ3v) is 14.7. The summed E-state index contributed by atoms with van der Waals surface area (Å²) in [7, 11) is 0. The summed E-state index contributed by atoms with van der Waals surface area (Å²) in [6, 6.07) is 38.5. The monoisotopic (exact) mass is 549 g/mol. The molecule has 0 N–H and O–H groups in total. The molecule has 0 aliphatic heterocycles. The maximum atomic E-state index is 4.70. The molecular formula is C23H19NPbS-. The van der Waals surface area contributed by atoms with E-state index in [4.69, 9.17) is 12.6 Å². The van der Waals surface area contributed by atoms with Gasteiger partial charge in [0.2, 0.25) is 0 Å². The van der Waals surface area contributed by atoms with Crippen LogP contribution >= 0.6 is 0 Å². The topological polar surface area (TPSA) is 12.9 Å². The molecule has 0 unspecified atom stereocenters. The van der Waals surface area contributed by atoms with Crippen molar-refractivity contribution in [3.05, 3.63) is 115 Å². The van der Waals surface area contributed by atoms with Crippen LogP contribution in [0.15, 0.2) is 120 Å². The molecule has 1 radical (unpaired) electrons. The summed E-state index contributed by atoms with van der Waals surface area (Å²) in [6.45, 7) is 0. The number of hydrogen-bond donors (Lipinski definition) is 0. The average molecular weight is 549 g/mol. The molecule has 0 bridgehead atoms. The Morgan fingerprint density at radius 1 is 0.500 bits per heavy atom. The van der Waals surface area contributed by atoms with Gasteiger partial charge in [0, 0.05) is 6.20 Å². The van der Waals surface area contributed by atoms with E-state index in [-0.39, 0.29) is 0 Å². The standard InChI is InChI=1S/3C6H5.C5H5NS.Pb/c3*1-2-4-6-5-3-1;7-5-3-1-2-4-6-5;/h3*1-5H;1-4H,(H,6,7);/p-1.